The summed E-state index contributed by atoms with van der Waals surface area (Å²) in [7, 11) is 1.58. The first-order chi connectivity index (χ1) is 8.45. The molecule has 4 atom stereocenters. The van der Waals surface area contributed by atoms with Crippen LogP contribution in [-0.4, -0.2) is 53.6 Å². The molecule has 0 aromatic heterocycles. The summed E-state index contributed by atoms with van der Waals surface area (Å²) in [5, 5.41) is 23.0. The molecule has 0 aromatic carbocycles. The Morgan fingerprint density at radius 2 is 2.06 bits per heavy atom. The van der Waals surface area contributed by atoms with Gasteiger partial charge in [0, 0.05) is 7.11 Å². The van der Waals surface area contributed by atoms with E-state index in [2.05, 4.69) is 10.6 Å². The Morgan fingerprint density at radius 3 is 2.56 bits per heavy atom. The smallest absolute Gasteiger partial charge is 0.328 e. The number of nitrogens with one attached hydrogen (secondary N) is 2. The Kier molecular flexibility index (Phi) is 5.36. The summed E-state index contributed by atoms with van der Waals surface area (Å²) in [5.74, 6) is -1.27. The maximum absolute atomic E-state index is 11.6. The average molecular weight is 260 g/mol. The molecule has 0 saturated heterocycles. The first-order valence-electron chi connectivity index (χ1n) is 5.96. The van der Waals surface area contributed by atoms with E-state index in [4.69, 9.17) is 9.84 Å². The van der Waals surface area contributed by atoms with Crippen LogP contribution in [0.1, 0.15) is 26.2 Å². The van der Waals surface area contributed by atoms with Gasteiger partial charge in [0.25, 0.3) is 0 Å². The lowest BCUT2D eigenvalue weighted by molar-refractivity contribution is -0.141. The van der Waals surface area contributed by atoms with Crippen LogP contribution < -0.4 is 10.6 Å². The molecule has 1 rings (SSSR count). The summed E-state index contributed by atoms with van der Waals surface area (Å²) in [6.07, 6.45) is 1.45. The monoisotopic (exact) mass is 260 g/mol. The fraction of sp³-hybridized carbons (Fsp3) is 0.818. The molecule has 4 N–H and O–H groups in total. The molecule has 1 aliphatic rings. The third kappa shape index (κ3) is 3.85. The van der Waals surface area contributed by atoms with Gasteiger partial charge in [-0.1, -0.05) is 0 Å². The minimum absolute atomic E-state index is 0.0365. The maximum atomic E-state index is 11.6. The number of carboxylic acid groups (broad SMARTS) is 1. The first kappa shape index (κ1) is 14.7. The molecule has 1 aliphatic carbocycles. The van der Waals surface area contributed by atoms with Crippen molar-refractivity contribution >= 4 is 12.0 Å². The molecule has 0 spiro atoms. The standard InChI is InChI=1S/C11H20N2O5/c1-6(14)9(10(15)16)13-11(17)12-7-4-3-5-8(7)18-2/h6-9,14H,3-5H2,1-2H3,(H,15,16)(H2,12,13,17)/t6-,7?,8?,9+/m1/s1. The number of carbonyl (C=O) groups is 2. The number of amides is 2. The van der Waals surface area contributed by atoms with E-state index in [1.807, 2.05) is 0 Å². The van der Waals surface area contributed by atoms with Crippen LogP contribution in [0.2, 0.25) is 0 Å². The number of aliphatic carboxylic acids is 1. The Labute approximate surface area is 106 Å². The van der Waals surface area contributed by atoms with Crippen molar-refractivity contribution in [1.82, 2.24) is 10.6 Å². The van der Waals surface area contributed by atoms with Crippen LogP contribution in [0, 0.1) is 0 Å². The lowest BCUT2D eigenvalue weighted by atomic mass is 10.2. The zero-order valence-electron chi connectivity index (χ0n) is 10.5. The molecule has 0 bridgehead atoms. The number of carbonyl (C=O) groups excluding carboxylic acids is 1. The van der Waals surface area contributed by atoms with Crippen molar-refractivity contribution in [3.63, 3.8) is 0 Å². The molecule has 104 valence electrons. The van der Waals surface area contributed by atoms with Crippen molar-refractivity contribution in [3.05, 3.63) is 0 Å². The average Bonchev–Trinajstić information content (AvgIpc) is 2.72. The second-order valence-electron chi connectivity index (χ2n) is 4.49. The molecule has 0 heterocycles. The van der Waals surface area contributed by atoms with E-state index in [0.29, 0.717) is 0 Å². The molecule has 7 nitrogen and oxygen atoms in total. The zero-order chi connectivity index (χ0) is 13.7. The third-order valence-electron chi connectivity index (χ3n) is 3.11. The Morgan fingerprint density at radius 1 is 1.39 bits per heavy atom. The van der Waals surface area contributed by atoms with Gasteiger partial charge in [0.15, 0.2) is 6.04 Å². The summed E-state index contributed by atoms with van der Waals surface area (Å²) in [6, 6.07) is -2.02. The number of rotatable bonds is 5. The van der Waals surface area contributed by atoms with Crippen molar-refractivity contribution in [2.75, 3.05) is 7.11 Å². The normalized spacial score (nSPS) is 26.4. The van der Waals surface area contributed by atoms with Crippen LogP contribution in [0.4, 0.5) is 4.79 Å². The predicted molar refractivity (Wildman–Crippen MR) is 63.2 cm³/mol. The zero-order valence-corrected chi connectivity index (χ0v) is 10.5. The van der Waals surface area contributed by atoms with E-state index >= 15 is 0 Å². The van der Waals surface area contributed by atoms with Crippen molar-refractivity contribution in [2.45, 2.75) is 50.5 Å². The molecule has 2 amide bonds. The Bertz CT molecular complexity index is 308. The third-order valence-corrected chi connectivity index (χ3v) is 3.11. The topological polar surface area (TPSA) is 108 Å². The van der Waals surface area contributed by atoms with E-state index in [1.54, 1.807) is 7.11 Å². The molecule has 0 aromatic rings. The van der Waals surface area contributed by atoms with Crippen LogP contribution in [0.5, 0.6) is 0 Å². The molecule has 2 unspecified atom stereocenters. The lowest BCUT2D eigenvalue weighted by Gasteiger charge is -2.22. The van der Waals surface area contributed by atoms with Gasteiger partial charge in [0.05, 0.1) is 18.2 Å². The highest BCUT2D eigenvalue weighted by atomic mass is 16.5. The van der Waals surface area contributed by atoms with E-state index in [-0.39, 0.29) is 12.1 Å². The quantitative estimate of drug-likeness (QED) is 0.542. The molecular weight excluding hydrogens is 240 g/mol. The molecule has 18 heavy (non-hydrogen) atoms. The van der Waals surface area contributed by atoms with E-state index in [1.165, 1.54) is 6.92 Å². The fourth-order valence-corrected chi connectivity index (χ4v) is 2.11. The van der Waals surface area contributed by atoms with Crippen LogP contribution in [-0.2, 0) is 9.53 Å². The largest absolute Gasteiger partial charge is 0.480 e. The van der Waals surface area contributed by atoms with Gasteiger partial charge in [-0.15, -0.1) is 0 Å². The van der Waals surface area contributed by atoms with Crippen LogP contribution in [0.15, 0.2) is 0 Å². The fourth-order valence-electron chi connectivity index (χ4n) is 2.11. The van der Waals surface area contributed by atoms with E-state index in [0.717, 1.165) is 19.3 Å². The molecule has 1 saturated carbocycles. The minimum Gasteiger partial charge on any atom is -0.480 e. The van der Waals surface area contributed by atoms with Gasteiger partial charge in [-0.2, -0.15) is 0 Å². The summed E-state index contributed by atoms with van der Waals surface area (Å²) in [4.78, 5) is 22.4. The second-order valence-corrected chi connectivity index (χ2v) is 4.49. The maximum Gasteiger partial charge on any atom is 0.328 e. The molecular formula is C11H20N2O5. The van der Waals surface area contributed by atoms with Crippen LogP contribution in [0.3, 0.4) is 0 Å². The summed E-state index contributed by atoms with van der Waals surface area (Å²) >= 11 is 0. The highest BCUT2D eigenvalue weighted by molar-refractivity contribution is 5.83. The van der Waals surface area contributed by atoms with Crippen LogP contribution in [0.25, 0.3) is 0 Å². The van der Waals surface area contributed by atoms with Crippen molar-refractivity contribution < 1.29 is 24.5 Å². The molecule has 0 radical (unpaired) electrons. The van der Waals surface area contributed by atoms with Gasteiger partial charge in [-0.25, -0.2) is 9.59 Å². The van der Waals surface area contributed by atoms with Crippen molar-refractivity contribution in [3.8, 4) is 0 Å². The molecule has 1 fully saturated rings. The highest BCUT2D eigenvalue weighted by Crippen LogP contribution is 2.21. The van der Waals surface area contributed by atoms with Gasteiger partial charge in [-0.05, 0) is 26.2 Å². The molecule has 7 heteroatoms. The van der Waals surface area contributed by atoms with Gasteiger partial charge < -0.3 is 25.6 Å². The first-order valence-corrected chi connectivity index (χ1v) is 5.96. The second kappa shape index (κ2) is 6.55. The SMILES string of the molecule is COC1CCCC1NC(=O)N[C@H](C(=O)O)[C@@H](C)O. The Hall–Kier alpha value is -1.34. The summed E-state index contributed by atoms with van der Waals surface area (Å²) in [5.41, 5.74) is 0. The van der Waals surface area contributed by atoms with Crippen molar-refractivity contribution in [2.24, 2.45) is 0 Å². The summed E-state index contributed by atoms with van der Waals surface area (Å²) < 4.78 is 5.22. The minimum atomic E-state index is -1.31. The van der Waals surface area contributed by atoms with E-state index < -0.39 is 24.1 Å². The number of methoxy groups -OCH3 is 1. The number of hydrogen-bond donors (Lipinski definition) is 4. The van der Waals surface area contributed by atoms with Gasteiger partial charge in [0.1, 0.15) is 0 Å². The Balaban J connectivity index is 2.47. The number of urea groups is 1. The number of hydrogen-bond acceptors (Lipinski definition) is 4. The lowest BCUT2D eigenvalue weighted by Crippen LogP contribution is -2.54. The number of carboxylic acids is 1. The number of aliphatic hydroxyl groups excluding tert-OH is 1. The summed E-state index contributed by atoms with van der Waals surface area (Å²) in [6.45, 7) is 1.31. The van der Waals surface area contributed by atoms with Crippen LogP contribution >= 0.6 is 0 Å². The van der Waals surface area contributed by atoms with Gasteiger partial charge >= 0.3 is 12.0 Å². The highest BCUT2D eigenvalue weighted by Gasteiger charge is 2.30. The number of ether oxygens (including phenoxy) is 1. The van der Waals surface area contributed by atoms with Gasteiger partial charge in [0.2, 0.25) is 0 Å². The van der Waals surface area contributed by atoms with E-state index in [9.17, 15) is 14.7 Å². The van der Waals surface area contributed by atoms with Gasteiger partial charge in [-0.3, -0.25) is 0 Å². The number of aliphatic hydroxyl groups is 1. The predicted octanol–water partition coefficient (Wildman–Crippen LogP) is -0.313. The molecule has 0 aliphatic heterocycles. The van der Waals surface area contributed by atoms with Crippen molar-refractivity contribution in [1.29, 1.82) is 0 Å².